The molecule has 1 saturated heterocycles. The van der Waals surface area contributed by atoms with Crippen molar-refractivity contribution >= 4 is 11.6 Å². The number of aliphatic hydroxyl groups excluding tert-OH is 1. The van der Waals surface area contributed by atoms with Crippen LogP contribution in [0.15, 0.2) is 6.07 Å². The lowest BCUT2D eigenvalue weighted by Crippen LogP contribution is -2.48. The maximum atomic E-state index is 9.32. The minimum Gasteiger partial charge on any atom is -0.394 e. The number of anilines is 2. The van der Waals surface area contributed by atoms with Gasteiger partial charge in [-0.2, -0.15) is 0 Å². The van der Waals surface area contributed by atoms with Gasteiger partial charge in [-0.15, -0.1) is 0 Å². The van der Waals surface area contributed by atoms with Gasteiger partial charge in [0.1, 0.15) is 17.5 Å². The Morgan fingerprint density at radius 3 is 2.80 bits per heavy atom. The summed E-state index contributed by atoms with van der Waals surface area (Å²) in [5.74, 6) is 2.81. The fourth-order valence-corrected chi connectivity index (χ4v) is 2.33. The molecule has 0 aliphatic carbocycles. The monoisotopic (exact) mass is 280 g/mol. The third-order valence-corrected chi connectivity index (χ3v) is 3.36. The van der Waals surface area contributed by atoms with Gasteiger partial charge >= 0.3 is 0 Å². The molecule has 0 amide bonds. The summed E-state index contributed by atoms with van der Waals surface area (Å²) in [6.45, 7) is 7.63. The highest BCUT2D eigenvalue weighted by Crippen LogP contribution is 2.23. The van der Waals surface area contributed by atoms with Crippen LogP contribution in [0.25, 0.3) is 0 Å². The minimum absolute atomic E-state index is 0.0296. The van der Waals surface area contributed by atoms with Gasteiger partial charge in [-0.1, -0.05) is 13.8 Å². The molecule has 2 unspecified atom stereocenters. The van der Waals surface area contributed by atoms with Gasteiger partial charge in [-0.3, -0.25) is 0 Å². The average molecular weight is 280 g/mol. The molecule has 1 fully saturated rings. The third-order valence-electron chi connectivity index (χ3n) is 3.36. The van der Waals surface area contributed by atoms with E-state index in [1.54, 1.807) is 0 Å². The predicted octanol–water partition coefficient (Wildman–Crippen LogP) is 1.23. The van der Waals surface area contributed by atoms with Crippen molar-refractivity contribution in [3.63, 3.8) is 0 Å². The van der Waals surface area contributed by atoms with Crippen LogP contribution in [-0.4, -0.2) is 54.0 Å². The number of morpholine rings is 1. The quantitative estimate of drug-likeness (QED) is 0.864. The molecule has 1 aliphatic rings. The van der Waals surface area contributed by atoms with Gasteiger partial charge in [0.15, 0.2) is 0 Å². The Morgan fingerprint density at radius 1 is 1.45 bits per heavy atom. The summed E-state index contributed by atoms with van der Waals surface area (Å²) >= 11 is 0. The molecule has 2 heterocycles. The van der Waals surface area contributed by atoms with Crippen LogP contribution in [0.1, 0.15) is 32.5 Å². The molecule has 2 rings (SSSR count). The van der Waals surface area contributed by atoms with Crippen molar-refractivity contribution in [3.8, 4) is 0 Å². The molecule has 20 heavy (non-hydrogen) atoms. The molecule has 1 aromatic heterocycles. The van der Waals surface area contributed by atoms with Gasteiger partial charge in [0.05, 0.1) is 18.8 Å². The van der Waals surface area contributed by atoms with Crippen LogP contribution in [0.5, 0.6) is 0 Å². The highest BCUT2D eigenvalue weighted by atomic mass is 16.5. The molecule has 2 N–H and O–H groups in total. The maximum Gasteiger partial charge on any atom is 0.135 e. The maximum absolute atomic E-state index is 9.32. The van der Waals surface area contributed by atoms with Crippen LogP contribution in [0.4, 0.5) is 11.6 Å². The molecule has 0 saturated carbocycles. The number of nitrogens with one attached hydrogen (secondary N) is 1. The molecular weight excluding hydrogens is 256 g/mol. The summed E-state index contributed by atoms with van der Waals surface area (Å²) in [4.78, 5) is 11.3. The summed E-state index contributed by atoms with van der Waals surface area (Å²) in [5.41, 5.74) is 0. The number of hydrogen-bond donors (Lipinski definition) is 2. The van der Waals surface area contributed by atoms with Gasteiger partial charge in [0, 0.05) is 32.1 Å². The number of rotatable bonds is 4. The first-order valence-electron chi connectivity index (χ1n) is 7.11. The predicted molar refractivity (Wildman–Crippen MR) is 79.3 cm³/mol. The number of nitrogens with zero attached hydrogens (tertiary/aromatic N) is 3. The van der Waals surface area contributed by atoms with Crippen molar-refractivity contribution < 1.29 is 9.84 Å². The van der Waals surface area contributed by atoms with Crippen molar-refractivity contribution in [2.45, 2.75) is 38.9 Å². The lowest BCUT2D eigenvalue weighted by atomic mass is 10.2. The van der Waals surface area contributed by atoms with E-state index in [1.165, 1.54) is 0 Å². The first-order valence-corrected chi connectivity index (χ1v) is 7.11. The van der Waals surface area contributed by atoms with Crippen LogP contribution < -0.4 is 10.2 Å². The smallest absolute Gasteiger partial charge is 0.135 e. The number of aromatic nitrogens is 2. The van der Waals surface area contributed by atoms with Crippen LogP contribution in [-0.2, 0) is 4.74 Å². The van der Waals surface area contributed by atoms with Gasteiger partial charge < -0.3 is 20.1 Å². The fraction of sp³-hybridized carbons (Fsp3) is 0.714. The van der Waals surface area contributed by atoms with Crippen molar-refractivity contribution in [1.82, 2.24) is 9.97 Å². The summed E-state index contributed by atoms with van der Waals surface area (Å²) in [7, 11) is 1.86. The van der Waals surface area contributed by atoms with Crippen molar-refractivity contribution in [2.24, 2.45) is 0 Å². The lowest BCUT2D eigenvalue weighted by molar-refractivity contribution is -0.0423. The summed E-state index contributed by atoms with van der Waals surface area (Å²) in [6.07, 6.45) is -0.0781. The molecule has 0 aromatic carbocycles. The molecule has 6 nitrogen and oxygen atoms in total. The molecule has 1 aromatic rings. The van der Waals surface area contributed by atoms with Crippen LogP contribution in [0.2, 0.25) is 0 Å². The summed E-state index contributed by atoms with van der Waals surface area (Å²) < 4.78 is 5.67. The van der Waals surface area contributed by atoms with Gasteiger partial charge in [0.25, 0.3) is 0 Å². The Hall–Kier alpha value is -1.40. The van der Waals surface area contributed by atoms with Crippen molar-refractivity contribution in [3.05, 3.63) is 11.9 Å². The summed E-state index contributed by atoms with van der Waals surface area (Å²) in [6, 6.07) is 1.94. The molecule has 112 valence electrons. The zero-order valence-electron chi connectivity index (χ0n) is 12.6. The molecule has 0 radical (unpaired) electrons. The first-order chi connectivity index (χ1) is 9.53. The van der Waals surface area contributed by atoms with Crippen LogP contribution in [0, 0.1) is 0 Å². The van der Waals surface area contributed by atoms with E-state index in [0.29, 0.717) is 6.54 Å². The topological polar surface area (TPSA) is 70.5 Å². The normalized spacial score (nSPS) is 23.2. The van der Waals surface area contributed by atoms with Gasteiger partial charge in [-0.25, -0.2) is 9.97 Å². The number of hydrogen-bond acceptors (Lipinski definition) is 6. The number of aliphatic hydroxyl groups is 1. The highest BCUT2D eigenvalue weighted by Gasteiger charge is 2.26. The van der Waals surface area contributed by atoms with E-state index in [4.69, 9.17) is 4.74 Å². The third kappa shape index (κ3) is 3.37. The average Bonchev–Trinajstić information content (AvgIpc) is 2.45. The molecule has 2 atom stereocenters. The zero-order chi connectivity index (χ0) is 14.7. The zero-order valence-corrected chi connectivity index (χ0v) is 12.6. The lowest BCUT2D eigenvalue weighted by Gasteiger charge is -2.37. The Labute approximate surface area is 120 Å². The van der Waals surface area contributed by atoms with E-state index in [2.05, 4.69) is 34.0 Å². The van der Waals surface area contributed by atoms with Gasteiger partial charge in [-0.05, 0) is 6.92 Å². The Balaban J connectivity index is 2.28. The van der Waals surface area contributed by atoms with E-state index in [-0.39, 0.29) is 24.7 Å². The second-order valence-electron chi connectivity index (χ2n) is 5.53. The second kappa shape index (κ2) is 6.37. The van der Waals surface area contributed by atoms with E-state index in [1.807, 2.05) is 20.0 Å². The standard InChI is InChI=1S/C14H24N4O2/c1-9(2)14-16-12(15-4)5-13(17-14)18-6-10(3)20-11(7-18)8-19/h5,9-11,19H,6-8H2,1-4H3,(H,15,16,17). The molecule has 6 heteroatoms. The Morgan fingerprint density at radius 2 is 2.20 bits per heavy atom. The van der Waals surface area contributed by atoms with Gasteiger partial charge in [0.2, 0.25) is 0 Å². The Bertz CT molecular complexity index is 453. The van der Waals surface area contributed by atoms with Crippen LogP contribution >= 0.6 is 0 Å². The second-order valence-corrected chi connectivity index (χ2v) is 5.53. The molecule has 1 aliphatic heterocycles. The van der Waals surface area contributed by atoms with Crippen molar-refractivity contribution in [2.75, 3.05) is 37.0 Å². The SMILES string of the molecule is CNc1cc(N2CC(C)OC(CO)C2)nc(C(C)C)n1. The summed E-state index contributed by atoms with van der Waals surface area (Å²) in [5, 5.41) is 12.4. The highest BCUT2D eigenvalue weighted by molar-refractivity contribution is 5.50. The Kier molecular flexibility index (Phi) is 4.77. The molecule has 0 bridgehead atoms. The van der Waals surface area contributed by atoms with E-state index < -0.39 is 0 Å². The van der Waals surface area contributed by atoms with E-state index >= 15 is 0 Å². The largest absolute Gasteiger partial charge is 0.394 e. The number of ether oxygens (including phenoxy) is 1. The molecular formula is C14H24N4O2. The van der Waals surface area contributed by atoms with Crippen molar-refractivity contribution in [1.29, 1.82) is 0 Å². The van der Waals surface area contributed by atoms with E-state index in [0.717, 1.165) is 24.0 Å². The van der Waals surface area contributed by atoms with Crippen LogP contribution in [0.3, 0.4) is 0 Å². The first kappa shape index (κ1) is 15.0. The fourth-order valence-electron chi connectivity index (χ4n) is 2.33. The van der Waals surface area contributed by atoms with E-state index in [9.17, 15) is 5.11 Å². The minimum atomic E-state index is -0.158. The molecule has 0 spiro atoms.